The zero-order chi connectivity index (χ0) is 15.8. The summed E-state index contributed by atoms with van der Waals surface area (Å²) in [6, 6.07) is 7.81. The lowest BCUT2D eigenvalue weighted by atomic mass is 10.2. The van der Waals surface area contributed by atoms with Crippen LogP contribution in [0.1, 0.15) is 10.4 Å². The average Bonchev–Trinajstić information content (AvgIpc) is 2.93. The van der Waals surface area contributed by atoms with Crippen LogP contribution in [0, 0.1) is 5.82 Å². The first-order valence-electron chi connectivity index (χ1n) is 7.11. The smallest absolute Gasteiger partial charge is 0.338 e. The Kier molecular flexibility index (Phi) is 3.42. The molecule has 0 saturated carbocycles. The Morgan fingerprint density at radius 2 is 2.04 bits per heavy atom. The van der Waals surface area contributed by atoms with Crippen molar-refractivity contribution in [2.75, 3.05) is 18.0 Å². The molecule has 1 aromatic carbocycles. The first-order valence-corrected chi connectivity index (χ1v) is 7.93. The van der Waals surface area contributed by atoms with Crippen LogP contribution in [-0.4, -0.2) is 35.1 Å². The van der Waals surface area contributed by atoms with E-state index in [4.69, 9.17) is 4.74 Å². The molecular weight excluding hydrogens is 317 g/mol. The molecule has 5 nitrogen and oxygen atoms in total. The summed E-state index contributed by atoms with van der Waals surface area (Å²) < 4.78 is 19.5. The van der Waals surface area contributed by atoms with Gasteiger partial charge in [0.05, 0.1) is 28.9 Å². The fourth-order valence-corrected chi connectivity index (χ4v) is 3.41. The number of fused-ring (bicyclic) bond motifs is 1. The normalized spacial score (nSPS) is 14.7. The molecule has 1 aliphatic rings. The molecule has 7 heteroatoms. The van der Waals surface area contributed by atoms with E-state index in [2.05, 4.69) is 9.97 Å². The van der Waals surface area contributed by atoms with E-state index in [1.165, 1.54) is 23.5 Å². The van der Waals surface area contributed by atoms with Crippen LogP contribution in [0.2, 0.25) is 0 Å². The Hall–Kier alpha value is -2.54. The van der Waals surface area contributed by atoms with Crippen molar-refractivity contribution in [1.29, 1.82) is 0 Å². The second-order valence-electron chi connectivity index (χ2n) is 5.28. The highest BCUT2D eigenvalue weighted by molar-refractivity contribution is 7.22. The largest absolute Gasteiger partial charge is 0.455 e. The van der Waals surface area contributed by atoms with Gasteiger partial charge in [-0.25, -0.2) is 14.2 Å². The molecule has 23 heavy (non-hydrogen) atoms. The Labute approximate surface area is 135 Å². The van der Waals surface area contributed by atoms with E-state index in [-0.39, 0.29) is 17.9 Å². The predicted molar refractivity (Wildman–Crippen MR) is 85.2 cm³/mol. The summed E-state index contributed by atoms with van der Waals surface area (Å²) in [6.07, 6.45) is 2.97. The van der Waals surface area contributed by atoms with Gasteiger partial charge >= 0.3 is 5.97 Å². The van der Waals surface area contributed by atoms with Crippen molar-refractivity contribution in [3.05, 3.63) is 54.1 Å². The quantitative estimate of drug-likeness (QED) is 0.692. The minimum atomic E-state index is -0.344. The number of esters is 1. The predicted octanol–water partition coefficient (Wildman–Crippen LogP) is 2.88. The molecule has 1 fully saturated rings. The molecule has 0 N–H and O–H groups in total. The van der Waals surface area contributed by atoms with E-state index in [1.807, 2.05) is 4.90 Å². The van der Waals surface area contributed by atoms with Crippen LogP contribution in [0.25, 0.3) is 10.2 Å². The Morgan fingerprint density at radius 1 is 1.26 bits per heavy atom. The number of hydrogen-bond acceptors (Lipinski definition) is 6. The summed E-state index contributed by atoms with van der Waals surface area (Å²) in [5, 5.41) is 0.821. The van der Waals surface area contributed by atoms with E-state index < -0.39 is 0 Å². The number of carbonyl (C=O) groups is 1. The SMILES string of the molecule is O=C(OC1CN(c2nc3ccc(F)cc3s2)C1)c1ccncc1. The highest BCUT2D eigenvalue weighted by Crippen LogP contribution is 2.32. The molecule has 0 aliphatic carbocycles. The third-order valence-electron chi connectivity index (χ3n) is 3.65. The lowest BCUT2D eigenvalue weighted by molar-refractivity contribution is 0.0234. The Morgan fingerprint density at radius 3 is 2.83 bits per heavy atom. The molecule has 3 heterocycles. The Bertz CT molecular complexity index is 862. The van der Waals surface area contributed by atoms with Gasteiger partial charge in [-0.2, -0.15) is 0 Å². The topological polar surface area (TPSA) is 55.3 Å². The lowest BCUT2D eigenvalue weighted by Crippen LogP contribution is -2.53. The van der Waals surface area contributed by atoms with Gasteiger partial charge < -0.3 is 9.64 Å². The summed E-state index contributed by atoms with van der Waals surface area (Å²) in [4.78, 5) is 22.3. The van der Waals surface area contributed by atoms with Crippen LogP contribution < -0.4 is 4.90 Å². The van der Waals surface area contributed by atoms with Gasteiger partial charge in [-0.15, -0.1) is 0 Å². The molecule has 0 amide bonds. The van der Waals surface area contributed by atoms with E-state index in [0.717, 1.165) is 15.3 Å². The van der Waals surface area contributed by atoms with Crippen molar-refractivity contribution in [2.24, 2.45) is 0 Å². The fraction of sp³-hybridized carbons (Fsp3) is 0.188. The number of nitrogens with zero attached hydrogens (tertiary/aromatic N) is 3. The van der Waals surface area contributed by atoms with Gasteiger partial charge in [-0.05, 0) is 30.3 Å². The number of pyridine rings is 1. The molecule has 4 rings (SSSR count). The molecule has 2 aromatic heterocycles. The maximum atomic E-state index is 13.2. The van der Waals surface area contributed by atoms with Gasteiger partial charge in [0.25, 0.3) is 0 Å². The fourth-order valence-electron chi connectivity index (χ4n) is 2.40. The van der Waals surface area contributed by atoms with Crippen molar-refractivity contribution in [3.63, 3.8) is 0 Å². The van der Waals surface area contributed by atoms with Gasteiger partial charge in [0, 0.05) is 12.4 Å². The van der Waals surface area contributed by atoms with Crippen molar-refractivity contribution in [3.8, 4) is 0 Å². The monoisotopic (exact) mass is 329 g/mol. The molecule has 1 aliphatic heterocycles. The van der Waals surface area contributed by atoms with Crippen LogP contribution in [-0.2, 0) is 4.74 Å². The summed E-state index contributed by atoms with van der Waals surface area (Å²) >= 11 is 1.44. The van der Waals surface area contributed by atoms with Gasteiger partial charge in [0.15, 0.2) is 5.13 Å². The molecule has 1 saturated heterocycles. The summed E-state index contributed by atoms with van der Waals surface area (Å²) in [6.45, 7) is 1.19. The zero-order valence-electron chi connectivity index (χ0n) is 12.0. The lowest BCUT2D eigenvalue weighted by Gasteiger charge is -2.38. The Balaban J connectivity index is 1.40. The van der Waals surface area contributed by atoms with Gasteiger partial charge in [-0.1, -0.05) is 11.3 Å². The van der Waals surface area contributed by atoms with Crippen LogP contribution >= 0.6 is 11.3 Å². The number of carbonyl (C=O) groups excluding carboxylic acids is 1. The van der Waals surface area contributed by atoms with Crippen molar-refractivity contribution < 1.29 is 13.9 Å². The third-order valence-corrected chi connectivity index (χ3v) is 4.73. The second-order valence-corrected chi connectivity index (χ2v) is 6.29. The number of thiazole rings is 1. The van der Waals surface area contributed by atoms with Crippen molar-refractivity contribution >= 4 is 32.7 Å². The molecule has 0 atom stereocenters. The molecule has 3 aromatic rings. The standard InChI is InChI=1S/C16H12FN3O2S/c17-11-1-2-13-14(7-11)23-16(19-13)20-8-12(9-20)22-15(21)10-3-5-18-6-4-10/h1-7,12H,8-9H2. The van der Waals surface area contributed by atoms with Gasteiger partial charge in [0.1, 0.15) is 11.9 Å². The average molecular weight is 329 g/mol. The molecule has 0 unspecified atom stereocenters. The molecule has 0 bridgehead atoms. The number of hydrogen-bond donors (Lipinski definition) is 0. The first kappa shape index (κ1) is 14.1. The number of halogens is 1. The molecule has 0 spiro atoms. The maximum absolute atomic E-state index is 13.2. The van der Waals surface area contributed by atoms with Crippen LogP contribution in [0.15, 0.2) is 42.7 Å². The zero-order valence-corrected chi connectivity index (χ0v) is 12.8. The van der Waals surface area contributed by atoms with Crippen LogP contribution in [0.5, 0.6) is 0 Å². The van der Waals surface area contributed by atoms with Crippen LogP contribution in [0.4, 0.5) is 9.52 Å². The number of aromatic nitrogens is 2. The van der Waals surface area contributed by atoms with Crippen LogP contribution in [0.3, 0.4) is 0 Å². The van der Waals surface area contributed by atoms with E-state index in [0.29, 0.717) is 18.7 Å². The maximum Gasteiger partial charge on any atom is 0.338 e. The van der Waals surface area contributed by atoms with Crippen molar-refractivity contribution in [2.45, 2.75) is 6.10 Å². The number of ether oxygens (including phenoxy) is 1. The van der Waals surface area contributed by atoms with E-state index in [1.54, 1.807) is 30.6 Å². The summed E-state index contributed by atoms with van der Waals surface area (Å²) in [5.74, 6) is -0.608. The van der Waals surface area contributed by atoms with E-state index >= 15 is 0 Å². The highest BCUT2D eigenvalue weighted by Gasteiger charge is 2.32. The number of anilines is 1. The number of rotatable bonds is 3. The summed E-state index contributed by atoms with van der Waals surface area (Å²) in [5.41, 5.74) is 1.28. The summed E-state index contributed by atoms with van der Waals surface area (Å²) in [7, 11) is 0. The van der Waals surface area contributed by atoms with E-state index in [9.17, 15) is 9.18 Å². The molecule has 116 valence electrons. The minimum Gasteiger partial charge on any atom is -0.455 e. The second kappa shape index (κ2) is 5.58. The highest BCUT2D eigenvalue weighted by atomic mass is 32.1. The molecular formula is C16H12FN3O2S. The minimum absolute atomic E-state index is 0.153. The first-order chi connectivity index (χ1) is 11.2. The molecule has 0 radical (unpaired) electrons. The number of benzene rings is 1. The van der Waals surface area contributed by atoms with Crippen molar-refractivity contribution in [1.82, 2.24) is 9.97 Å². The van der Waals surface area contributed by atoms with Gasteiger partial charge in [0.2, 0.25) is 0 Å². The van der Waals surface area contributed by atoms with Gasteiger partial charge in [-0.3, -0.25) is 4.98 Å². The third kappa shape index (κ3) is 2.75.